The van der Waals surface area contributed by atoms with Crippen LogP contribution in [0.5, 0.6) is 11.5 Å². The number of nitriles is 1. The van der Waals surface area contributed by atoms with Crippen LogP contribution in [0.3, 0.4) is 0 Å². The van der Waals surface area contributed by atoms with E-state index in [9.17, 15) is 10.1 Å². The van der Waals surface area contributed by atoms with Gasteiger partial charge in [-0.25, -0.2) is 0 Å². The van der Waals surface area contributed by atoms with Crippen LogP contribution in [0.25, 0.3) is 0 Å². The molecule has 0 saturated carbocycles. The Morgan fingerprint density at radius 2 is 1.89 bits per heavy atom. The predicted molar refractivity (Wildman–Crippen MR) is 142 cm³/mol. The number of benzene rings is 2. The van der Waals surface area contributed by atoms with E-state index >= 15 is 0 Å². The third-order valence-electron chi connectivity index (χ3n) is 6.76. The minimum Gasteiger partial charge on any atom is -0.494 e. The van der Waals surface area contributed by atoms with Crippen molar-refractivity contribution in [2.45, 2.75) is 53.4 Å². The maximum atomic E-state index is 13.8. The fourth-order valence-corrected chi connectivity index (χ4v) is 5.40. The highest BCUT2D eigenvalue weighted by Crippen LogP contribution is 2.52. The van der Waals surface area contributed by atoms with Crippen LogP contribution in [0.1, 0.15) is 57.6 Å². The molecule has 6 nitrogen and oxygen atoms in total. The maximum absolute atomic E-state index is 13.8. The van der Waals surface area contributed by atoms with Gasteiger partial charge in [0.2, 0.25) is 0 Å². The Balaban J connectivity index is 2.05. The number of hydrogen-bond donors (Lipinski definition) is 1. The topological polar surface area (TPSA) is 88.6 Å². The van der Waals surface area contributed by atoms with Crippen molar-refractivity contribution < 1.29 is 14.3 Å². The van der Waals surface area contributed by atoms with Gasteiger partial charge in [0.05, 0.1) is 36.5 Å². The van der Waals surface area contributed by atoms with E-state index in [1.165, 1.54) is 0 Å². The monoisotopic (exact) mass is 505 g/mol. The van der Waals surface area contributed by atoms with E-state index in [4.69, 9.17) is 26.8 Å². The summed E-state index contributed by atoms with van der Waals surface area (Å²) < 4.78 is 11.7. The fourth-order valence-electron chi connectivity index (χ4n) is 5.23. The fraction of sp³-hybridized carbons (Fsp3) is 0.379. The Kier molecular flexibility index (Phi) is 7.06. The largest absolute Gasteiger partial charge is 0.494 e. The van der Waals surface area contributed by atoms with Crippen molar-refractivity contribution in [3.05, 3.63) is 75.2 Å². The van der Waals surface area contributed by atoms with Gasteiger partial charge in [0.25, 0.3) is 0 Å². The molecule has 1 aliphatic carbocycles. The zero-order chi connectivity index (χ0) is 26.2. The van der Waals surface area contributed by atoms with Gasteiger partial charge in [-0.05, 0) is 68.5 Å². The van der Waals surface area contributed by atoms with Gasteiger partial charge in [0.1, 0.15) is 17.3 Å². The van der Waals surface area contributed by atoms with Gasteiger partial charge in [-0.1, -0.05) is 31.5 Å². The zero-order valence-electron chi connectivity index (χ0n) is 21.4. The van der Waals surface area contributed by atoms with Crippen molar-refractivity contribution >= 4 is 23.1 Å². The Morgan fingerprint density at radius 3 is 2.56 bits per heavy atom. The molecule has 0 aromatic heterocycles. The number of nitrogens with two attached hydrogens (primary N) is 1. The number of rotatable bonds is 6. The number of allylic oxidation sites excluding steroid dienone is 3. The van der Waals surface area contributed by atoms with Crippen LogP contribution in [0.2, 0.25) is 5.02 Å². The van der Waals surface area contributed by atoms with E-state index < -0.39 is 5.92 Å². The second-order valence-electron chi connectivity index (χ2n) is 9.93. The Labute approximate surface area is 217 Å². The first-order valence-corrected chi connectivity index (χ1v) is 12.6. The Morgan fingerprint density at radius 1 is 1.17 bits per heavy atom. The highest BCUT2D eigenvalue weighted by molar-refractivity contribution is 6.31. The van der Waals surface area contributed by atoms with E-state index in [0.717, 1.165) is 16.9 Å². The number of ether oxygens (including phenoxy) is 2. The number of ketones is 1. The summed E-state index contributed by atoms with van der Waals surface area (Å²) >= 11 is 6.48. The molecule has 1 unspecified atom stereocenters. The maximum Gasteiger partial charge on any atom is 0.162 e. The first-order valence-electron chi connectivity index (χ1n) is 12.2. The SMILES string of the molecule is CCOc1ccc(OCC)c(C2C(C#N)=C(N)N(c3cccc(Cl)c3C)C3=C2C(=O)CC(C)(C)C3)c1. The number of hydrogen-bond acceptors (Lipinski definition) is 6. The Bertz CT molecular complexity index is 1320. The van der Waals surface area contributed by atoms with Gasteiger partial charge >= 0.3 is 0 Å². The lowest BCUT2D eigenvalue weighted by atomic mass is 9.68. The summed E-state index contributed by atoms with van der Waals surface area (Å²) in [6, 6.07) is 13.4. The van der Waals surface area contributed by atoms with Gasteiger partial charge in [-0.3, -0.25) is 9.69 Å². The van der Waals surface area contributed by atoms with E-state index in [1.807, 2.05) is 62.1 Å². The minimum atomic E-state index is -0.661. The molecule has 0 amide bonds. The van der Waals surface area contributed by atoms with Gasteiger partial charge in [0, 0.05) is 28.3 Å². The summed E-state index contributed by atoms with van der Waals surface area (Å²) in [6.07, 6.45) is 0.990. The van der Waals surface area contributed by atoms with Crippen molar-refractivity contribution in [3.8, 4) is 17.6 Å². The molecule has 2 aromatic carbocycles. The lowest BCUT2D eigenvalue weighted by Gasteiger charge is -2.44. The minimum absolute atomic E-state index is 0.000410. The molecule has 0 radical (unpaired) electrons. The summed E-state index contributed by atoms with van der Waals surface area (Å²) in [5.74, 6) is 0.877. The molecule has 2 aromatic rings. The second kappa shape index (κ2) is 9.91. The van der Waals surface area contributed by atoms with E-state index in [2.05, 4.69) is 19.9 Å². The lowest BCUT2D eigenvalue weighted by molar-refractivity contribution is -0.118. The molecule has 2 aliphatic rings. The molecule has 36 heavy (non-hydrogen) atoms. The van der Waals surface area contributed by atoms with Crippen LogP contribution in [-0.2, 0) is 4.79 Å². The molecule has 0 spiro atoms. The number of nitrogens with zero attached hydrogens (tertiary/aromatic N) is 2. The number of carbonyl (C=O) groups is 1. The van der Waals surface area contributed by atoms with Crippen molar-refractivity contribution in [1.29, 1.82) is 5.26 Å². The molecule has 1 heterocycles. The van der Waals surface area contributed by atoms with Crippen molar-refractivity contribution in [3.63, 3.8) is 0 Å². The van der Waals surface area contributed by atoms with Crippen molar-refractivity contribution in [2.24, 2.45) is 11.1 Å². The predicted octanol–water partition coefficient (Wildman–Crippen LogP) is 6.39. The van der Waals surface area contributed by atoms with Gasteiger partial charge in [0.15, 0.2) is 5.78 Å². The van der Waals surface area contributed by atoms with E-state index in [0.29, 0.717) is 65.1 Å². The molecular formula is C29H32ClN3O3. The molecular weight excluding hydrogens is 474 g/mol. The first kappa shape index (κ1) is 25.7. The molecule has 0 saturated heterocycles. The van der Waals surface area contributed by atoms with Gasteiger partial charge in [-0.15, -0.1) is 0 Å². The van der Waals surface area contributed by atoms with Crippen LogP contribution < -0.4 is 20.1 Å². The molecule has 0 bridgehead atoms. The molecule has 2 N–H and O–H groups in total. The summed E-state index contributed by atoms with van der Waals surface area (Å²) in [7, 11) is 0. The summed E-state index contributed by atoms with van der Waals surface area (Å²) in [4.78, 5) is 15.7. The summed E-state index contributed by atoms with van der Waals surface area (Å²) in [6.45, 7) is 10.8. The average Bonchev–Trinajstić information content (AvgIpc) is 2.81. The summed E-state index contributed by atoms with van der Waals surface area (Å²) in [5.41, 5.74) is 10.5. The summed E-state index contributed by atoms with van der Waals surface area (Å²) in [5, 5.41) is 11.0. The zero-order valence-corrected chi connectivity index (χ0v) is 22.2. The third-order valence-corrected chi connectivity index (χ3v) is 7.17. The van der Waals surface area contributed by atoms with Crippen LogP contribution in [0.4, 0.5) is 5.69 Å². The van der Waals surface area contributed by atoms with Crippen molar-refractivity contribution in [1.82, 2.24) is 0 Å². The van der Waals surface area contributed by atoms with Gasteiger partial charge < -0.3 is 15.2 Å². The Hall–Kier alpha value is -3.43. The molecule has 1 aliphatic heterocycles. The number of carbonyl (C=O) groups excluding carboxylic acids is 1. The normalized spacial score (nSPS) is 19.2. The van der Waals surface area contributed by atoms with Crippen LogP contribution in [-0.4, -0.2) is 19.0 Å². The highest BCUT2D eigenvalue weighted by atomic mass is 35.5. The smallest absolute Gasteiger partial charge is 0.162 e. The average molecular weight is 506 g/mol. The number of Topliss-reactive ketones (excluding diaryl/α,β-unsaturated/α-hetero) is 1. The number of halogens is 1. The van der Waals surface area contributed by atoms with Crippen molar-refractivity contribution in [2.75, 3.05) is 18.1 Å². The van der Waals surface area contributed by atoms with Crippen LogP contribution in [0, 0.1) is 23.7 Å². The highest BCUT2D eigenvalue weighted by Gasteiger charge is 2.45. The lowest BCUT2D eigenvalue weighted by Crippen LogP contribution is -2.42. The molecule has 1 atom stereocenters. The molecule has 188 valence electrons. The van der Waals surface area contributed by atoms with Crippen LogP contribution >= 0.6 is 11.6 Å². The van der Waals surface area contributed by atoms with E-state index in [1.54, 1.807) is 0 Å². The quantitative estimate of drug-likeness (QED) is 0.489. The van der Waals surface area contributed by atoms with E-state index in [-0.39, 0.29) is 11.2 Å². The third kappa shape index (κ3) is 4.44. The first-order chi connectivity index (χ1) is 17.1. The molecule has 4 rings (SSSR count). The number of anilines is 1. The standard InChI is InChI=1S/C29H32ClN3O3/c1-6-35-18-11-12-25(36-7-2)19(13-18)26-20(16-31)28(32)33(22-10-8-9-21(30)17(22)3)23-14-29(4,5)15-24(34)27(23)26/h8-13,26H,6-7,14-15,32H2,1-5H3. The molecule has 7 heteroatoms. The second-order valence-corrected chi connectivity index (χ2v) is 10.3. The molecule has 0 fully saturated rings. The van der Waals surface area contributed by atoms with Crippen LogP contribution in [0.15, 0.2) is 59.1 Å². The van der Waals surface area contributed by atoms with Gasteiger partial charge in [-0.2, -0.15) is 5.26 Å².